The molecule has 0 spiro atoms. The van der Waals surface area contributed by atoms with Crippen LogP contribution in [0.3, 0.4) is 0 Å². The maximum absolute atomic E-state index is 12.2. The second-order valence-corrected chi connectivity index (χ2v) is 4.84. The van der Waals surface area contributed by atoms with E-state index >= 15 is 0 Å². The summed E-state index contributed by atoms with van der Waals surface area (Å²) in [7, 11) is 0. The first-order valence-electron chi connectivity index (χ1n) is 5.96. The topological polar surface area (TPSA) is 40.6 Å². The molecule has 18 heavy (non-hydrogen) atoms. The number of alkyl halides is 1. The van der Waals surface area contributed by atoms with Crippen LogP contribution in [-0.2, 0) is 4.79 Å². The molecule has 2 aliphatic rings. The van der Waals surface area contributed by atoms with Crippen LogP contribution in [0.25, 0.3) is 0 Å². The average Bonchev–Trinajstić information content (AvgIpc) is 2.72. The second-order valence-electron chi connectivity index (χ2n) is 4.57. The molecule has 2 heterocycles. The Balaban J connectivity index is 1.92. The van der Waals surface area contributed by atoms with Gasteiger partial charge in [0, 0.05) is 25.2 Å². The molecule has 2 amide bonds. The van der Waals surface area contributed by atoms with Crippen molar-refractivity contribution in [2.75, 3.05) is 25.5 Å². The summed E-state index contributed by atoms with van der Waals surface area (Å²) in [5.74, 6) is 0.0178. The zero-order valence-corrected chi connectivity index (χ0v) is 10.6. The first-order chi connectivity index (χ1) is 8.72. The molecule has 0 saturated carbocycles. The van der Waals surface area contributed by atoms with Gasteiger partial charge in [-0.1, -0.05) is 18.2 Å². The summed E-state index contributed by atoms with van der Waals surface area (Å²) < 4.78 is 0. The summed E-state index contributed by atoms with van der Waals surface area (Å²) in [6.07, 6.45) is 0. The minimum absolute atomic E-state index is 0.00229. The highest BCUT2D eigenvalue weighted by molar-refractivity contribution is 6.27. The minimum Gasteiger partial charge on any atom is -0.337 e. The Morgan fingerprint density at radius 3 is 2.89 bits per heavy atom. The Hall–Kier alpha value is -1.55. The number of benzene rings is 1. The van der Waals surface area contributed by atoms with Gasteiger partial charge in [-0.05, 0) is 11.6 Å². The Bertz CT molecular complexity index is 517. The van der Waals surface area contributed by atoms with Crippen molar-refractivity contribution in [1.29, 1.82) is 0 Å². The van der Waals surface area contributed by atoms with E-state index < -0.39 is 0 Å². The van der Waals surface area contributed by atoms with Crippen molar-refractivity contribution in [3.8, 4) is 0 Å². The summed E-state index contributed by atoms with van der Waals surface area (Å²) in [5.41, 5.74) is 1.79. The predicted molar refractivity (Wildman–Crippen MR) is 67.5 cm³/mol. The van der Waals surface area contributed by atoms with E-state index in [9.17, 15) is 9.59 Å². The number of piperazine rings is 1. The van der Waals surface area contributed by atoms with E-state index in [2.05, 4.69) is 0 Å². The number of rotatable bonds is 1. The number of amides is 2. The van der Waals surface area contributed by atoms with Crippen LogP contribution in [0.4, 0.5) is 0 Å². The summed E-state index contributed by atoms with van der Waals surface area (Å²) in [5, 5.41) is 0. The van der Waals surface area contributed by atoms with Crippen LogP contribution in [0.2, 0.25) is 0 Å². The maximum Gasteiger partial charge on any atom is 0.254 e. The standard InChI is InChI=1S/C13H13ClN2O2/c14-7-12(17)15-5-6-16-11(8-15)9-3-1-2-4-10(9)13(16)18/h1-4,11H,5-8H2. The zero-order valence-electron chi connectivity index (χ0n) is 9.80. The van der Waals surface area contributed by atoms with Crippen molar-refractivity contribution >= 4 is 23.4 Å². The Morgan fingerprint density at radius 1 is 1.33 bits per heavy atom. The number of nitrogens with zero attached hydrogens (tertiary/aromatic N) is 2. The number of hydrogen-bond donors (Lipinski definition) is 0. The molecule has 94 valence electrons. The summed E-state index contributed by atoms with van der Waals surface area (Å²) in [4.78, 5) is 27.4. The first kappa shape index (κ1) is 11.5. The lowest BCUT2D eigenvalue weighted by molar-refractivity contribution is -0.130. The number of hydrogen-bond acceptors (Lipinski definition) is 2. The highest BCUT2D eigenvalue weighted by atomic mass is 35.5. The molecule has 0 radical (unpaired) electrons. The number of halogens is 1. The lowest BCUT2D eigenvalue weighted by Crippen LogP contribution is -2.49. The lowest BCUT2D eigenvalue weighted by atomic mass is 10.0. The molecule has 3 rings (SSSR count). The highest BCUT2D eigenvalue weighted by Gasteiger charge is 2.40. The fourth-order valence-electron chi connectivity index (χ4n) is 2.74. The SMILES string of the molecule is O=C(CCl)N1CCN2C(=O)c3ccccc3C2C1. The first-order valence-corrected chi connectivity index (χ1v) is 6.49. The Morgan fingerprint density at radius 2 is 2.11 bits per heavy atom. The predicted octanol–water partition coefficient (Wildman–Crippen LogP) is 1.26. The molecule has 1 unspecified atom stereocenters. The van der Waals surface area contributed by atoms with Crippen LogP contribution in [0.5, 0.6) is 0 Å². The molecule has 1 atom stereocenters. The molecule has 5 heteroatoms. The van der Waals surface area contributed by atoms with Crippen molar-refractivity contribution in [2.45, 2.75) is 6.04 Å². The molecule has 1 fully saturated rings. The van der Waals surface area contributed by atoms with Gasteiger partial charge in [0.1, 0.15) is 5.88 Å². The van der Waals surface area contributed by atoms with Gasteiger partial charge in [-0.3, -0.25) is 9.59 Å². The van der Waals surface area contributed by atoms with E-state index in [-0.39, 0.29) is 23.7 Å². The van der Waals surface area contributed by atoms with Crippen LogP contribution < -0.4 is 0 Å². The molecule has 0 bridgehead atoms. The van der Waals surface area contributed by atoms with Gasteiger partial charge in [0.05, 0.1) is 6.04 Å². The third-order valence-electron chi connectivity index (χ3n) is 3.66. The van der Waals surface area contributed by atoms with Crippen molar-refractivity contribution in [3.63, 3.8) is 0 Å². The van der Waals surface area contributed by atoms with Gasteiger partial charge in [0.2, 0.25) is 5.91 Å². The lowest BCUT2D eigenvalue weighted by Gasteiger charge is -2.37. The zero-order chi connectivity index (χ0) is 12.7. The molecule has 1 aromatic rings. The number of carbonyl (C=O) groups is 2. The minimum atomic E-state index is -0.0619. The fraction of sp³-hybridized carbons (Fsp3) is 0.385. The smallest absolute Gasteiger partial charge is 0.254 e. The quantitative estimate of drug-likeness (QED) is 0.717. The average molecular weight is 265 g/mol. The summed E-state index contributed by atoms with van der Waals surface area (Å²) >= 11 is 5.59. The van der Waals surface area contributed by atoms with E-state index in [1.807, 2.05) is 29.2 Å². The normalized spacial score (nSPS) is 21.8. The largest absolute Gasteiger partial charge is 0.337 e. The van der Waals surface area contributed by atoms with E-state index in [0.717, 1.165) is 11.1 Å². The van der Waals surface area contributed by atoms with Crippen LogP contribution in [0.1, 0.15) is 22.0 Å². The van der Waals surface area contributed by atoms with Crippen molar-refractivity contribution in [1.82, 2.24) is 9.80 Å². The van der Waals surface area contributed by atoms with Crippen LogP contribution in [0.15, 0.2) is 24.3 Å². The van der Waals surface area contributed by atoms with Gasteiger partial charge < -0.3 is 9.80 Å². The van der Waals surface area contributed by atoms with Gasteiger partial charge in [-0.25, -0.2) is 0 Å². The molecular formula is C13H13ClN2O2. The number of fused-ring (bicyclic) bond motifs is 3. The third kappa shape index (κ3) is 1.60. The molecule has 1 aromatic carbocycles. The molecule has 0 N–H and O–H groups in total. The van der Waals surface area contributed by atoms with E-state index in [1.54, 1.807) is 4.90 Å². The Kier molecular flexibility index (Phi) is 2.74. The maximum atomic E-state index is 12.2. The van der Waals surface area contributed by atoms with Gasteiger partial charge >= 0.3 is 0 Å². The van der Waals surface area contributed by atoms with Crippen molar-refractivity contribution in [3.05, 3.63) is 35.4 Å². The molecule has 0 aromatic heterocycles. The summed E-state index contributed by atoms with van der Waals surface area (Å²) in [6, 6.07) is 7.61. The van der Waals surface area contributed by atoms with E-state index in [0.29, 0.717) is 19.6 Å². The molecular weight excluding hydrogens is 252 g/mol. The monoisotopic (exact) mass is 264 g/mol. The molecule has 1 saturated heterocycles. The Labute approximate surface area is 110 Å². The van der Waals surface area contributed by atoms with Gasteiger partial charge in [0.25, 0.3) is 5.91 Å². The van der Waals surface area contributed by atoms with Gasteiger partial charge in [0.15, 0.2) is 0 Å². The van der Waals surface area contributed by atoms with Crippen LogP contribution in [-0.4, -0.2) is 47.1 Å². The molecule has 2 aliphatic heterocycles. The third-order valence-corrected chi connectivity index (χ3v) is 3.89. The van der Waals surface area contributed by atoms with E-state index in [1.165, 1.54) is 0 Å². The van der Waals surface area contributed by atoms with Gasteiger partial charge in [-0.15, -0.1) is 11.6 Å². The van der Waals surface area contributed by atoms with Crippen molar-refractivity contribution in [2.24, 2.45) is 0 Å². The van der Waals surface area contributed by atoms with Crippen LogP contribution in [0, 0.1) is 0 Å². The van der Waals surface area contributed by atoms with Crippen molar-refractivity contribution < 1.29 is 9.59 Å². The van der Waals surface area contributed by atoms with E-state index in [4.69, 9.17) is 11.6 Å². The second kappa shape index (κ2) is 4.28. The van der Waals surface area contributed by atoms with Crippen LogP contribution >= 0.6 is 11.6 Å². The highest BCUT2D eigenvalue weighted by Crippen LogP contribution is 2.35. The van der Waals surface area contributed by atoms with Gasteiger partial charge in [-0.2, -0.15) is 0 Å². The number of carbonyl (C=O) groups excluding carboxylic acids is 2. The molecule has 0 aliphatic carbocycles. The molecule has 4 nitrogen and oxygen atoms in total. The fourth-order valence-corrected chi connectivity index (χ4v) is 2.91. The summed E-state index contributed by atoms with van der Waals surface area (Å²) in [6.45, 7) is 1.71.